The zero-order chi connectivity index (χ0) is 22.3. The predicted octanol–water partition coefficient (Wildman–Crippen LogP) is 4.33. The molecule has 0 radical (unpaired) electrons. The first-order chi connectivity index (χ1) is 15.5. The van der Waals surface area contributed by atoms with Gasteiger partial charge in [0.05, 0.1) is 4.90 Å². The van der Waals surface area contributed by atoms with Crippen LogP contribution in [0.5, 0.6) is 0 Å². The Morgan fingerprint density at radius 1 is 0.906 bits per heavy atom. The summed E-state index contributed by atoms with van der Waals surface area (Å²) < 4.78 is 28.1. The van der Waals surface area contributed by atoms with Crippen LogP contribution in [0.1, 0.15) is 35.4 Å². The minimum atomic E-state index is -3.74. The number of carbonyl (C=O) groups is 1. The van der Waals surface area contributed by atoms with Crippen LogP contribution in [0.15, 0.2) is 83.8 Å². The number of benzene rings is 3. The highest BCUT2D eigenvalue weighted by molar-refractivity contribution is 7.89. The molecule has 5 nitrogen and oxygen atoms in total. The molecule has 2 atom stereocenters. The van der Waals surface area contributed by atoms with Crippen molar-refractivity contribution >= 4 is 21.6 Å². The molecular formula is C26H26N2O3S. The summed E-state index contributed by atoms with van der Waals surface area (Å²) >= 11 is 0. The number of sulfonamides is 1. The second-order valence-electron chi connectivity index (χ2n) is 8.56. The first-order valence-electron chi connectivity index (χ1n) is 11.0. The van der Waals surface area contributed by atoms with E-state index in [0.29, 0.717) is 25.9 Å². The number of carbonyl (C=O) groups excluding carboxylic acids is 1. The second kappa shape index (κ2) is 8.19. The van der Waals surface area contributed by atoms with Gasteiger partial charge in [0, 0.05) is 24.7 Å². The summed E-state index contributed by atoms with van der Waals surface area (Å²) in [6.07, 6.45) is 1.22. The largest absolute Gasteiger partial charge is 0.310 e. The number of rotatable bonds is 4. The number of nitrogens with zero attached hydrogens (tertiary/aromatic N) is 2. The number of hydrogen-bond donors (Lipinski definition) is 0. The first kappa shape index (κ1) is 20.9. The summed E-state index contributed by atoms with van der Waals surface area (Å²) in [6.45, 7) is 2.81. The lowest BCUT2D eigenvalue weighted by Crippen LogP contribution is -2.47. The topological polar surface area (TPSA) is 57.7 Å². The Hall–Kier alpha value is -2.96. The highest BCUT2D eigenvalue weighted by Crippen LogP contribution is 2.41. The van der Waals surface area contributed by atoms with Gasteiger partial charge in [-0.15, -0.1) is 0 Å². The van der Waals surface area contributed by atoms with Gasteiger partial charge < -0.3 is 4.90 Å². The molecule has 2 aliphatic heterocycles. The fraction of sp³-hybridized carbons (Fsp3) is 0.269. The smallest absolute Gasteiger partial charge is 0.245 e. The molecule has 1 unspecified atom stereocenters. The maximum atomic E-state index is 13.7. The number of aryl methyl sites for hydroxylation is 1. The fourth-order valence-electron chi connectivity index (χ4n) is 4.89. The summed E-state index contributed by atoms with van der Waals surface area (Å²) in [6, 6.07) is 24.3. The van der Waals surface area contributed by atoms with Crippen molar-refractivity contribution in [1.29, 1.82) is 0 Å². The molecule has 0 aliphatic carbocycles. The van der Waals surface area contributed by atoms with E-state index in [1.807, 2.05) is 43.3 Å². The summed E-state index contributed by atoms with van der Waals surface area (Å²) in [5.41, 5.74) is 4.15. The van der Waals surface area contributed by atoms with E-state index in [9.17, 15) is 13.2 Å². The third-order valence-corrected chi connectivity index (χ3v) is 8.47. The lowest BCUT2D eigenvalue weighted by Gasteiger charge is -2.28. The zero-order valence-electron chi connectivity index (χ0n) is 18.0. The lowest BCUT2D eigenvalue weighted by molar-refractivity contribution is -0.121. The molecular weight excluding hydrogens is 420 g/mol. The molecule has 3 aromatic rings. The second-order valence-corrected chi connectivity index (χ2v) is 10.4. The molecule has 1 saturated heterocycles. The van der Waals surface area contributed by atoms with Gasteiger partial charge >= 0.3 is 0 Å². The maximum Gasteiger partial charge on any atom is 0.245 e. The van der Waals surface area contributed by atoms with Crippen LogP contribution in [0.25, 0.3) is 0 Å². The monoisotopic (exact) mass is 446 g/mol. The molecule has 0 N–H and O–H groups in total. The van der Waals surface area contributed by atoms with E-state index in [0.717, 1.165) is 22.4 Å². The normalized spacial score (nSPS) is 21.0. The number of fused-ring (bicyclic) bond motifs is 1. The Morgan fingerprint density at radius 2 is 1.59 bits per heavy atom. The molecule has 2 heterocycles. The summed E-state index contributed by atoms with van der Waals surface area (Å²) in [7, 11) is -3.74. The van der Waals surface area contributed by atoms with Crippen LogP contribution in [-0.4, -0.2) is 37.8 Å². The van der Waals surface area contributed by atoms with Crippen LogP contribution in [0.3, 0.4) is 0 Å². The SMILES string of the molecule is Cc1ccc(S(=O)(=O)N2CCC[C@H]2C(=O)N2CC(c3ccccc3)c3ccccc32)cc1. The van der Waals surface area contributed by atoms with Crippen LogP contribution in [0.4, 0.5) is 5.69 Å². The molecule has 5 rings (SSSR count). The first-order valence-corrected chi connectivity index (χ1v) is 12.4. The van der Waals surface area contributed by atoms with Gasteiger partial charge in [-0.05, 0) is 49.1 Å². The maximum absolute atomic E-state index is 13.7. The molecule has 6 heteroatoms. The van der Waals surface area contributed by atoms with Crippen molar-refractivity contribution in [3.05, 3.63) is 95.6 Å². The van der Waals surface area contributed by atoms with Crippen LogP contribution < -0.4 is 4.90 Å². The molecule has 1 amide bonds. The van der Waals surface area contributed by atoms with Crippen molar-refractivity contribution < 1.29 is 13.2 Å². The summed E-state index contributed by atoms with van der Waals surface area (Å²) in [5, 5.41) is 0. The Morgan fingerprint density at radius 3 is 2.34 bits per heavy atom. The van der Waals surface area contributed by atoms with E-state index in [1.165, 1.54) is 4.31 Å². The van der Waals surface area contributed by atoms with Crippen molar-refractivity contribution in [2.24, 2.45) is 0 Å². The van der Waals surface area contributed by atoms with Crippen LogP contribution >= 0.6 is 0 Å². The average molecular weight is 447 g/mol. The quantitative estimate of drug-likeness (QED) is 0.600. The van der Waals surface area contributed by atoms with Crippen molar-refractivity contribution in [3.8, 4) is 0 Å². The van der Waals surface area contributed by atoms with Gasteiger partial charge in [0.15, 0.2) is 0 Å². The van der Waals surface area contributed by atoms with E-state index in [-0.39, 0.29) is 16.7 Å². The molecule has 164 valence electrons. The molecule has 3 aromatic carbocycles. The van der Waals surface area contributed by atoms with Crippen molar-refractivity contribution in [2.75, 3.05) is 18.0 Å². The Bertz CT molecular complexity index is 1240. The molecule has 32 heavy (non-hydrogen) atoms. The van der Waals surface area contributed by atoms with E-state index in [2.05, 4.69) is 18.2 Å². The predicted molar refractivity (Wildman–Crippen MR) is 125 cm³/mol. The van der Waals surface area contributed by atoms with Crippen molar-refractivity contribution in [1.82, 2.24) is 4.31 Å². The van der Waals surface area contributed by atoms with Gasteiger partial charge in [-0.2, -0.15) is 4.31 Å². The van der Waals surface area contributed by atoms with Crippen LogP contribution in [-0.2, 0) is 14.8 Å². The highest BCUT2D eigenvalue weighted by Gasteiger charge is 2.44. The van der Waals surface area contributed by atoms with Gasteiger partial charge in [-0.1, -0.05) is 66.2 Å². The van der Waals surface area contributed by atoms with Crippen LogP contribution in [0.2, 0.25) is 0 Å². The summed E-state index contributed by atoms with van der Waals surface area (Å²) in [5.74, 6) is -0.0519. The molecule has 2 aliphatic rings. The van der Waals surface area contributed by atoms with Gasteiger partial charge in [0.1, 0.15) is 6.04 Å². The third-order valence-electron chi connectivity index (χ3n) is 6.55. The van der Waals surface area contributed by atoms with Crippen molar-refractivity contribution in [2.45, 2.75) is 36.6 Å². The zero-order valence-corrected chi connectivity index (χ0v) is 18.8. The van der Waals surface area contributed by atoms with Crippen LogP contribution in [0, 0.1) is 6.92 Å². The molecule has 0 bridgehead atoms. The Kier molecular flexibility index (Phi) is 5.35. The average Bonchev–Trinajstić information content (AvgIpc) is 3.46. The van der Waals surface area contributed by atoms with Gasteiger partial charge in [-0.25, -0.2) is 8.42 Å². The molecule has 0 saturated carbocycles. The fourth-order valence-corrected chi connectivity index (χ4v) is 6.54. The Balaban J connectivity index is 1.46. The lowest BCUT2D eigenvalue weighted by atomic mass is 9.93. The minimum Gasteiger partial charge on any atom is -0.310 e. The van der Waals surface area contributed by atoms with Gasteiger partial charge in [0.25, 0.3) is 0 Å². The third kappa shape index (κ3) is 3.53. The van der Waals surface area contributed by atoms with E-state index >= 15 is 0 Å². The van der Waals surface area contributed by atoms with E-state index in [1.54, 1.807) is 29.2 Å². The molecule has 1 fully saturated rings. The standard InChI is InChI=1S/C26H26N2O3S/c1-19-13-15-21(16-14-19)32(30,31)28-17-7-12-25(28)26(29)27-18-23(20-8-3-2-4-9-20)22-10-5-6-11-24(22)27/h2-6,8-11,13-16,23,25H,7,12,17-18H2,1H3/t23?,25-/m0/s1. The van der Waals surface area contributed by atoms with Gasteiger partial charge in [0.2, 0.25) is 15.9 Å². The Labute approximate surface area is 189 Å². The number of amides is 1. The van der Waals surface area contributed by atoms with E-state index < -0.39 is 16.1 Å². The molecule has 0 spiro atoms. The van der Waals surface area contributed by atoms with E-state index in [4.69, 9.17) is 0 Å². The van der Waals surface area contributed by atoms with Gasteiger partial charge in [-0.3, -0.25) is 4.79 Å². The minimum absolute atomic E-state index is 0.0832. The number of anilines is 1. The van der Waals surface area contributed by atoms with Crippen molar-refractivity contribution in [3.63, 3.8) is 0 Å². The highest BCUT2D eigenvalue weighted by atomic mass is 32.2. The number of hydrogen-bond acceptors (Lipinski definition) is 3. The number of para-hydroxylation sites is 1. The molecule has 0 aromatic heterocycles. The summed E-state index contributed by atoms with van der Waals surface area (Å²) in [4.78, 5) is 15.8.